The van der Waals surface area contributed by atoms with Crippen LogP contribution in [0.3, 0.4) is 0 Å². The minimum Gasteiger partial charge on any atom is -0.484 e. The summed E-state index contributed by atoms with van der Waals surface area (Å²) in [5.41, 5.74) is 1.32. The lowest BCUT2D eigenvalue weighted by molar-refractivity contribution is -0.134. The zero-order valence-corrected chi connectivity index (χ0v) is 17.9. The number of ether oxygens (including phenoxy) is 1. The molecule has 0 N–H and O–H groups in total. The van der Waals surface area contributed by atoms with Crippen LogP contribution in [0.2, 0.25) is 0 Å². The molecule has 0 bridgehead atoms. The summed E-state index contributed by atoms with van der Waals surface area (Å²) in [4.78, 5) is 14.1. The first kappa shape index (κ1) is 21.8. The lowest BCUT2D eigenvalue weighted by atomic mass is 10.0. The fourth-order valence-corrected chi connectivity index (χ4v) is 4.85. The Labute approximate surface area is 177 Å². The van der Waals surface area contributed by atoms with Gasteiger partial charge in [-0.3, -0.25) is 4.79 Å². The first-order valence-corrected chi connectivity index (χ1v) is 11.3. The van der Waals surface area contributed by atoms with Crippen LogP contribution in [-0.2, 0) is 14.8 Å². The van der Waals surface area contributed by atoms with Crippen LogP contribution in [0.15, 0.2) is 53.4 Å². The lowest BCUT2D eigenvalue weighted by Crippen LogP contribution is -2.51. The van der Waals surface area contributed by atoms with Crippen LogP contribution >= 0.6 is 0 Å². The molecule has 1 aliphatic heterocycles. The third kappa shape index (κ3) is 4.81. The van der Waals surface area contributed by atoms with Crippen LogP contribution in [-0.4, -0.2) is 56.3 Å². The quantitative estimate of drug-likeness (QED) is 0.707. The zero-order valence-electron chi connectivity index (χ0n) is 17.1. The van der Waals surface area contributed by atoms with Gasteiger partial charge in [0.2, 0.25) is 10.0 Å². The summed E-state index contributed by atoms with van der Waals surface area (Å²) >= 11 is 0. The Morgan fingerprint density at radius 2 is 1.70 bits per heavy atom. The van der Waals surface area contributed by atoms with Crippen molar-refractivity contribution in [1.29, 1.82) is 5.26 Å². The van der Waals surface area contributed by atoms with Gasteiger partial charge in [-0.25, -0.2) is 8.42 Å². The average Bonchev–Trinajstić information content (AvgIpc) is 2.77. The molecule has 30 heavy (non-hydrogen) atoms. The van der Waals surface area contributed by atoms with Crippen LogP contribution in [0, 0.1) is 11.3 Å². The lowest BCUT2D eigenvalue weighted by Gasteiger charge is -2.34. The molecule has 0 spiro atoms. The first-order valence-electron chi connectivity index (χ1n) is 9.82. The van der Waals surface area contributed by atoms with Gasteiger partial charge >= 0.3 is 0 Å². The Hall–Kier alpha value is -2.89. The molecule has 0 unspecified atom stereocenters. The second kappa shape index (κ2) is 9.28. The highest BCUT2D eigenvalue weighted by atomic mass is 32.2. The topological polar surface area (TPSA) is 90.7 Å². The summed E-state index contributed by atoms with van der Waals surface area (Å²) in [6.07, 6.45) is 0. The molecule has 1 amide bonds. The number of hydrogen-bond donors (Lipinski definition) is 0. The van der Waals surface area contributed by atoms with Gasteiger partial charge in [0.25, 0.3) is 5.91 Å². The number of sulfonamides is 1. The number of piperazine rings is 1. The molecule has 0 saturated carbocycles. The fraction of sp³-hybridized carbons (Fsp3) is 0.364. The second-order valence-corrected chi connectivity index (χ2v) is 9.31. The predicted molar refractivity (Wildman–Crippen MR) is 113 cm³/mol. The van der Waals surface area contributed by atoms with E-state index in [2.05, 4.69) is 13.8 Å². The van der Waals surface area contributed by atoms with Gasteiger partial charge in [-0.05, 0) is 35.7 Å². The minimum absolute atomic E-state index is 0.000421. The summed E-state index contributed by atoms with van der Waals surface area (Å²) in [5.74, 6) is 0.868. The van der Waals surface area contributed by atoms with Crippen LogP contribution < -0.4 is 4.74 Å². The van der Waals surface area contributed by atoms with Gasteiger partial charge in [-0.1, -0.05) is 38.1 Å². The molecule has 1 heterocycles. The standard InChI is InChI=1S/C22H25N3O4S/c1-17(2)18-7-9-20(10-8-18)29-16-22(26)24-11-13-25(14-12-24)30(27,28)21-6-4-3-5-19(21)15-23/h3-10,17H,11-14,16H2,1-2H3. The smallest absolute Gasteiger partial charge is 0.260 e. The average molecular weight is 428 g/mol. The SMILES string of the molecule is CC(C)c1ccc(OCC(=O)N2CCN(S(=O)(=O)c3ccccc3C#N)CC2)cc1. The maximum absolute atomic E-state index is 12.9. The maximum atomic E-state index is 12.9. The molecule has 0 aliphatic carbocycles. The summed E-state index contributed by atoms with van der Waals surface area (Å²) in [7, 11) is -3.78. The number of benzene rings is 2. The van der Waals surface area contributed by atoms with Crippen LogP contribution in [0.5, 0.6) is 5.75 Å². The highest BCUT2D eigenvalue weighted by Gasteiger charge is 2.31. The molecule has 8 heteroatoms. The molecule has 0 atom stereocenters. The van der Waals surface area contributed by atoms with E-state index in [1.54, 1.807) is 17.0 Å². The summed E-state index contributed by atoms with van der Waals surface area (Å²) in [6, 6.07) is 15.7. The van der Waals surface area contributed by atoms with Crippen molar-refractivity contribution in [2.75, 3.05) is 32.8 Å². The minimum atomic E-state index is -3.78. The maximum Gasteiger partial charge on any atom is 0.260 e. The van der Waals surface area contributed by atoms with Crippen molar-refractivity contribution in [2.45, 2.75) is 24.7 Å². The predicted octanol–water partition coefficient (Wildman–Crippen LogP) is 2.59. The van der Waals surface area contributed by atoms with Crippen molar-refractivity contribution in [1.82, 2.24) is 9.21 Å². The van der Waals surface area contributed by atoms with Crippen LogP contribution in [0.25, 0.3) is 0 Å². The number of carbonyl (C=O) groups is 1. The van der Waals surface area contributed by atoms with Gasteiger partial charge in [-0.2, -0.15) is 9.57 Å². The number of amides is 1. The van der Waals surface area contributed by atoms with E-state index in [9.17, 15) is 18.5 Å². The van der Waals surface area contributed by atoms with Crippen molar-refractivity contribution in [3.63, 3.8) is 0 Å². The molecule has 1 fully saturated rings. The van der Waals surface area contributed by atoms with Crippen molar-refractivity contribution in [2.24, 2.45) is 0 Å². The van der Waals surface area contributed by atoms with Crippen molar-refractivity contribution in [3.8, 4) is 11.8 Å². The van der Waals surface area contributed by atoms with E-state index < -0.39 is 10.0 Å². The Morgan fingerprint density at radius 1 is 1.07 bits per heavy atom. The van der Waals surface area contributed by atoms with Crippen molar-refractivity contribution >= 4 is 15.9 Å². The highest BCUT2D eigenvalue weighted by Crippen LogP contribution is 2.21. The molecule has 2 aromatic rings. The van der Waals surface area contributed by atoms with Gasteiger partial charge in [0.05, 0.1) is 10.5 Å². The Bertz CT molecular complexity index is 1030. The summed E-state index contributed by atoms with van der Waals surface area (Å²) in [6.45, 7) is 5.04. The molecule has 1 saturated heterocycles. The van der Waals surface area contributed by atoms with Gasteiger partial charge in [0.15, 0.2) is 6.61 Å². The molecule has 0 aromatic heterocycles. The van der Waals surface area contributed by atoms with Crippen LogP contribution in [0.4, 0.5) is 0 Å². The van der Waals surface area contributed by atoms with E-state index in [1.165, 1.54) is 22.0 Å². The molecular formula is C22H25N3O4S. The number of hydrogen-bond acceptors (Lipinski definition) is 5. The molecule has 7 nitrogen and oxygen atoms in total. The normalized spacial score (nSPS) is 15.1. The van der Waals surface area contributed by atoms with E-state index in [4.69, 9.17) is 4.74 Å². The molecule has 2 aromatic carbocycles. The summed E-state index contributed by atoms with van der Waals surface area (Å²) < 4.78 is 32.7. The molecule has 1 aliphatic rings. The van der Waals surface area contributed by atoms with E-state index in [1.807, 2.05) is 30.3 Å². The van der Waals surface area contributed by atoms with E-state index >= 15 is 0 Å². The Balaban J connectivity index is 1.56. The largest absolute Gasteiger partial charge is 0.484 e. The fourth-order valence-electron chi connectivity index (χ4n) is 3.29. The van der Waals surface area contributed by atoms with Gasteiger partial charge in [0, 0.05) is 26.2 Å². The monoisotopic (exact) mass is 427 g/mol. The third-order valence-corrected chi connectivity index (χ3v) is 7.08. The number of nitriles is 1. The molecule has 3 rings (SSSR count). The Morgan fingerprint density at radius 3 is 2.30 bits per heavy atom. The van der Waals surface area contributed by atoms with Gasteiger partial charge in [-0.15, -0.1) is 0 Å². The van der Waals surface area contributed by atoms with Gasteiger partial charge < -0.3 is 9.64 Å². The van der Waals surface area contributed by atoms with Crippen molar-refractivity contribution in [3.05, 3.63) is 59.7 Å². The molecular weight excluding hydrogens is 402 g/mol. The van der Waals surface area contributed by atoms with Crippen LogP contribution in [0.1, 0.15) is 30.9 Å². The van der Waals surface area contributed by atoms with E-state index in [0.717, 1.165) is 0 Å². The zero-order chi connectivity index (χ0) is 21.7. The van der Waals surface area contributed by atoms with Gasteiger partial charge in [0.1, 0.15) is 11.8 Å². The Kier molecular flexibility index (Phi) is 6.75. The number of rotatable bonds is 6. The number of nitrogens with zero attached hydrogens (tertiary/aromatic N) is 3. The summed E-state index contributed by atoms with van der Waals surface area (Å²) in [5, 5.41) is 9.19. The second-order valence-electron chi connectivity index (χ2n) is 7.41. The number of carbonyl (C=O) groups excluding carboxylic acids is 1. The highest BCUT2D eigenvalue weighted by molar-refractivity contribution is 7.89. The first-order chi connectivity index (χ1) is 14.3. The van der Waals surface area contributed by atoms with E-state index in [0.29, 0.717) is 11.7 Å². The van der Waals surface area contributed by atoms with E-state index in [-0.39, 0.29) is 49.2 Å². The molecule has 0 radical (unpaired) electrons. The third-order valence-electron chi connectivity index (χ3n) is 5.13. The van der Waals surface area contributed by atoms with Crippen molar-refractivity contribution < 1.29 is 17.9 Å². The molecule has 158 valence electrons.